The monoisotopic (exact) mass is 600 g/mol. The summed E-state index contributed by atoms with van der Waals surface area (Å²) < 4.78 is 5.34. The number of nitrogens with two attached hydrogens (primary N) is 1. The summed E-state index contributed by atoms with van der Waals surface area (Å²) in [5.41, 5.74) is 7.28. The predicted molar refractivity (Wildman–Crippen MR) is 165 cm³/mol. The summed E-state index contributed by atoms with van der Waals surface area (Å²) in [6, 6.07) is 13.0. The van der Waals surface area contributed by atoms with Gasteiger partial charge in [0.25, 0.3) is 11.8 Å². The molecule has 1 atom stereocenters. The number of amides is 3. The highest BCUT2D eigenvalue weighted by atomic mass is 16.5. The molecule has 1 aromatic heterocycles. The van der Waals surface area contributed by atoms with Crippen LogP contribution < -0.4 is 16.4 Å². The second kappa shape index (κ2) is 13.9. The lowest BCUT2D eigenvalue weighted by atomic mass is 9.95. The van der Waals surface area contributed by atoms with Gasteiger partial charge in [0, 0.05) is 41.2 Å². The van der Waals surface area contributed by atoms with Crippen LogP contribution in [0.25, 0.3) is 11.1 Å². The lowest BCUT2D eigenvalue weighted by molar-refractivity contribution is -0.137. The Bertz CT molecular complexity index is 1580. The van der Waals surface area contributed by atoms with E-state index in [4.69, 9.17) is 15.9 Å². The molecule has 44 heavy (non-hydrogen) atoms. The van der Waals surface area contributed by atoms with E-state index in [9.17, 15) is 24.3 Å². The number of benzene rings is 2. The third kappa shape index (κ3) is 7.64. The zero-order chi connectivity index (χ0) is 32.0. The summed E-state index contributed by atoms with van der Waals surface area (Å²) >= 11 is 0. The minimum atomic E-state index is -1.30. The Kier molecular flexibility index (Phi) is 10.1. The molecule has 1 saturated heterocycles. The molecule has 2 aromatic carbocycles. The quantitative estimate of drug-likeness (QED) is 0.173. The van der Waals surface area contributed by atoms with Crippen LogP contribution in [0.3, 0.4) is 0 Å². The molecule has 0 spiro atoms. The van der Waals surface area contributed by atoms with Gasteiger partial charge in [-0.25, -0.2) is 9.78 Å². The summed E-state index contributed by atoms with van der Waals surface area (Å²) in [4.78, 5) is 58.4. The molecule has 0 aliphatic carbocycles. The molecule has 0 saturated carbocycles. The first-order valence-corrected chi connectivity index (χ1v) is 14.2. The fourth-order valence-corrected chi connectivity index (χ4v) is 4.91. The van der Waals surface area contributed by atoms with Gasteiger partial charge in [0.1, 0.15) is 17.6 Å². The highest BCUT2D eigenvalue weighted by molar-refractivity contribution is 6.10. The number of carboxylic acid groups (broad SMARTS) is 1. The Morgan fingerprint density at radius 3 is 2.23 bits per heavy atom. The number of rotatable bonds is 10. The number of anilines is 1. The number of aromatic nitrogens is 1. The van der Waals surface area contributed by atoms with Crippen molar-refractivity contribution in [3.05, 3.63) is 82.7 Å². The first-order valence-electron chi connectivity index (χ1n) is 14.2. The number of hydrogen-bond donors (Lipinski definition) is 5. The first kappa shape index (κ1) is 31.8. The zero-order valence-corrected chi connectivity index (χ0v) is 24.8. The number of pyridine rings is 1. The highest BCUT2D eigenvalue weighted by Gasteiger charge is 2.29. The third-order valence-electron chi connectivity index (χ3n) is 7.14. The number of carboxylic acids is 1. The van der Waals surface area contributed by atoms with Crippen LogP contribution in [0, 0.1) is 18.3 Å². The van der Waals surface area contributed by atoms with Crippen LogP contribution in [0.2, 0.25) is 0 Å². The Hall–Kier alpha value is -5.10. The number of morpholine rings is 1. The molecular weight excluding hydrogens is 564 g/mol. The van der Waals surface area contributed by atoms with Crippen LogP contribution in [0.4, 0.5) is 5.69 Å². The number of ether oxygens (including phenoxy) is 1. The molecule has 12 heteroatoms. The van der Waals surface area contributed by atoms with Gasteiger partial charge in [-0.2, -0.15) is 0 Å². The van der Waals surface area contributed by atoms with E-state index >= 15 is 0 Å². The average Bonchev–Trinajstić information content (AvgIpc) is 3.00. The number of aromatic carboxylic acids is 1. The Morgan fingerprint density at radius 2 is 1.61 bits per heavy atom. The molecular formula is C32H36N6O6. The number of nitrogen functional groups attached to an aromatic ring is 1. The van der Waals surface area contributed by atoms with Crippen LogP contribution >= 0.6 is 0 Å². The number of hydrogen-bond acceptors (Lipinski definition) is 7. The van der Waals surface area contributed by atoms with Gasteiger partial charge < -0.3 is 31.1 Å². The maximum Gasteiger partial charge on any atom is 0.336 e. The number of carbonyl (C=O) groups is 4. The van der Waals surface area contributed by atoms with E-state index in [1.807, 2.05) is 13.8 Å². The number of nitrogens with zero attached hydrogens (tertiary/aromatic N) is 2. The predicted octanol–water partition coefficient (Wildman–Crippen LogP) is 3.29. The average molecular weight is 601 g/mol. The molecule has 3 aromatic rings. The van der Waals surface area contributed by atoms with Gasteiger partial charge in [0.05, 0.1) is 18.8 Å². The van der Waals surface area contributed by atoms with Crippen molar-refractivity contribution in [1.82, 2.24) is 15.2 Å². The summed E-state index contributed by atoms with van der Waals surface area (Å²) in [6.07, 6.45) is 0.413. The topological polar surface area (TPSA) is 188 Å². The van der Waals surface area contributed by atoms with Crippen LogP contribution in [0.1, 0.15) is 62.7 Å². The van der Waals surface area contributed by atoms with E-state index < -0.39 is 23.8 Å². The normalized spacial score (nSPS) is 13.7. The minimum absolute atomic E-state index is 0.00606. The lowest BCUT2D eigenvalue weighted by Crippen LogP contribution is -2.52. The molecule has 1 aliphatic heterocycles. The summed E-state index contributed by atoms with van der Waals surface area (Å²) in [7, 11) is 0. The molecule has 3 amide bonds. The van der Waals surface area contributed by atoms with E-state index in [2.05, 4.69) is 15.6 Å². The van der Waals surface area contributed by atoms with Gasteiger partial charge in [-0.3, -0.25) is 19.8 Å². The van der Waals surface area contributed by atoms with Crippen LogP contribution in [0.5, 0.6) is 0 Å². The lowest BCUT2D eigenvalue weighted by Gasteiger charge is -2.31. The molecule has 1 fully saturated rings. The third-order valence-corrected chi connectivity index (χ3v) is 7.14. The van der Waals surface area contributed by atoms with Gasteiger partial charge in [-0.15, -0.1) is 0 Å². The molecule has 6 N–H and O–H groups in total. The summed E-state index contributed by atoms with van der Waals surface area (Å²) in [5.74, 6) is -2.65. The minimum Gasteiger partial charge on any atom is -0.478 e. The van der Waals surface area contributed by atoms with E-state index in [-0.39, 0.29) is 45.6 Å². The summed E-state index contributed by atoms with van der Waals surface area (Å²) in [5, 5.41) is 23.2. The first-order chi connectivity index (χ1) is 20.9. The Morgan fingerprint density at radius 1 is 0.977 bits per heavy atom. The molecule has 0 bridgehead atoms. The molecule has 1 aliphatic rings. The van der Waals surface area contributed by atoms with Gasteiger partial charge in [-0.1, -0.05) is 26.0 Å². The second-order valence-corrected chi connectivity index (χ2v) is 11.0. The summed E-state index contributed by atoms with van der Waals surface area (Å²) in [6.45, 7) is 7.34. The molecule has 12 nitrogen and oxygen atoms in total. The zero-order valence-electron chi connectivity index (χ0n) is 24.8. The van der Waals surface area contributed by atoms with Crippen LogP contribution in [0.15, 0.2) is 54.6 Å². The SMILES string of the molecule is Cc1ccc(-c2ccc(C(=O)NC(CC(C)C)C(=O)N3CCOCC3)cc2C(=O)O)c(C(=O)Nc2ccc(C(=N)N)cc2)n1. The highest BCUT2D eigenvalue weighted by Crippen LogP contribution is 2.29. The second-order valence-electron chi connectivity index (χ2n) is 11.0. The van der Waals surface area contributed by atoms with Crippen molar-refractivity contribution in [1.29, 1.82) is 5.41 Å². The van der Waals surface area contributed by atoms with E-state index in [1.54, 1.807) is 48.2 Å². The fourth-order valence-electron chi connectivity index (χ4n) is 4.91. The van der Waals surface area contributed by atoms with Gasteiger partial charge in [0.2, 0.25) is 5.91 Å². The van der Waals surface area contributed by atoms with Gasteiger partial charge in [0.15, 0.2) is 0 Å². The molecule has 1 unspecified atom stereocenters. The van der Waals surface area contributed by atoms with Gasteiger partial charge in [-0.05, 0) is 67.3 Å². The molecule has 4 rings (SSSR count). The largest absolute Gasteiger partial charge is 0.478 e. The van der Waals surface area contributed by atoms with E-state index in [0.29, 0.717) is 49.7 Å². The molecule has 2 heterocycles. The number of aryl methyl sites for hydroxylation is 1. The number of nitrogens with one attached hydrogen (secondary N) is 3. The van der Waals surface area contributed by atoms with E-state index in [1.165, 1.54) is 18.2 Å². The van der Waals surface area contributed by atoms with Gasteiger partial charge >= 0.3 is 5.97 Å². The number of carbonyl (C=O) groups excluding carboxylic acids is 3. The fraction of sp³-hybridized carbons (Fsp3) is 0.312. The van der Waals surface area contributed by atoms with Crippen molar-refractivity contribution in [3.63, 3.8) is 0 Å². The van der Waals surface area contributed by atoms with Crippen molar-refractivity contribution >= 4 is 35.2 Å². The van der Waals surface area contributed by atoms with Crippen molar-refractivity contribution in [3.8, 4) is 11.1 Å². The Labute approximate surface area is 255 Å². The van der Waals surface area contributed by atoms with Crippen LogP contribution in [-0.2, 0) is 9.53 Å². The standard InChI is InChI=1S/C32H36N6O6/c1-18(2)16-26(31(41)38-12-14-44-15-13-38)37-29(39)21-7-11-23(25(17-21)32(42)43)24-10-4-19(3)35-27(24)30(40)36-22-8-5-20(6-9-22)28(33)34/h4-11,17-18,26H,12-16H2,1-3H3,(H3,33,34)(H,36,40)(H,37,39)(H,42,43). The number of amidine groups is 1. The molecule has 0 radical (unpaired) electrons. The maximum absolute atomic E-state index is 13.3. The van der Waals surface area contributed by atoms with E-state index in [0.717, 1.165) is 0 Å². The van der Waals surface area contributed by atoms with Crippen molar-refractivity contribution in [2.24, 2.45) is 11.7 Å². The molecule has 230 valence electrons. The Balaban J connectivity index is 1.63. The van der Waals surface area contributed by atoms with Crippen LogP contribution in [-0.4, -0.2) is 76.9 Å². The smallest absolute Gasteiger partial charge is 0.336 e. The maximum atomic E-state index is 13.3. The van der Waals surface area contributed by atoms with Crippen molar-refractivity contribution < 1.29 is 29.0 Å². The van der Waals surface area contributed by atoms with Crippen molar-refractivity contribution in [2.75, 3.05) is 31.6 Å². The van der Waals surface area contributed by atoms with Crippen molar-refractivity contribution in [2.45, 2.75) is 33.2 Å².